The van der Waals surface area contributed by atoms with Gasteiger partial charge in [-0.05, 0) is 18.1 Å². The first-order chi connectivity index (χ1) is 13.2. The highest BCUT2D eigenvalue weighted by atomic mass is 16.5. The number of amides is 1. The lowest BCUT2D eigenvalue weighted by atomic mass is 9.96. The number of benzene rings is 2. The fraction of sp³-hybridized carbons (Fsp3) is 0.333. The van der Waals surface area contributed by atoms with Gasteiger partial charge in [0, 0.05) is 13.0 Å². The van der Waals surface area contributed by atoms with E-state index < -0.39 is 12.2 Å². The molecule has 3 unspecified atom stereocenters. The van der Waals surface area contributed by atoms with E-state index in [9.17, 15) is 9.59 Å². The lowest BCUT2D eigenvalue weighted by Gasteiger charge is -2.48. The zero-order valence-corrected chi connectivity index (χ0v) is 15.2. The summed E-state index contributed by atoms with van der Waals surface area (Å²) in [6.45, 7) is 2.70. The largest absolute Gasteiger partial charge is 0.465 e. The van der Waals surface area contributed by atoms with E-state index in [1.54, 1.807) is 11.9 Å². The number of hydrogen-bond donors (Lipinski definition) is 1. The summed E-state index contributed by atoms with van der Waals surface area (Å²) in [5.41, 5.74) is 1.92. The molecule has 27 heavy (non-hydrogen) atoms. The third kappa shape index (κ3) is 3.22. The molecule has 0 aromatic heterocycles. The third-order valence-corrected chi connectivity index (χ3v) is 5.10. The predicted molar refractivity (Wildman–Crippen MR) is 100 cm³/mol. The summed E-state index contributed by atoms with van der Waals surface area (Å²) in [7, 11) is 0. The molecule has 2 heterocycles. The smallest absolute Gasteiger partial charge is 0.325 e. The molecule has 4 rings (SSSR count). The van der Waals surface area contributed by atoms with E-state index in [2.05, 4.69) is 5.32 Å². The van der Waals surface area contributed by atoms with Crippen molar-refractivity contribution in [2.24, 2.45) is 0 Å². The molecular formula is C21H23N3O3. The summed E-state index contributed by atoms with van der Waals surface area (Å²) in [5, 5.41) is 7.18. The first-order valence-electron chi connectivity index (χ1n) is 9.32. The van der Waals surface area contributed by atoms with Crippen molar-refractivity contribution in [3.63, 3.8) is 0 Å². The molecule has 0 bridgehead atoms. The van der Waals surface area contributed by atoms with Crippen LogP contribution in [-0.2, 0) is 14.3 Å². The van der Waals surface area contributed by atoms with Crippen molar-refractivity contribution in [1.82, 2.24) is 15.3 Å². The van der Waals surface area contributed by atoms with Gasteiger partial charge in [0.2, 0.25) is 5.91 Å². The molecule has 6 nitrogen and oxygen atoms in total. The zero-order valence-electron chi connectivity index (χ0n) is 15.2. The van der Waals surface area contributed by atoms with Crippen LogP contribution in [0, 0.1) is 0 Å². The van der Waals surface area contributed by atoms with Crippen molar-refractivity contribution < 1.29 is 14.3 Å². The minimum atomic E-state index is -0.570. The maximum atomic E-state index is 12.8. The molecule has 1 amide bonds. The Morgan fingerprint density at radius 3 is 2.33 bits per heavy atom. The van der Waals surface area contributed by atoms with Crippen LogP contribution >= 0.6 is 0 Å². The molecule has 2 saturated heterocycles. The van der Waals surface area contributed by atoms with Crippen molar-refractivity contribution >= 4 is 11.9 Å². The molecule has 0 saturated carbocycles. The number of hydrogen-bond acceptors (Lipinski definition) is 5. The summed E-state index contributed by atoms with van der Waals surface area (Å²) in [5.74, 6) is -0.245. The van der Waals surface area contributed by atoms with E-state index in [1.807, 2.05) is 65.7 Å². The maximum absolute atomic E-state index is 12.8. The fourth-order valence-electron chi connectivity index (χ4n) is 3.96. The molecule has 2 aromatic rings. The molecular weight excluding hydrogens is 342 g/mol. The van der Waals surface area contributed by atoms with Crippen LogP contribution in [0.5, 0.6) is 0 Å². The van der Waals surface area contributed by atoms with Crippen LogP contribution in [-0.4, -0.2) is 41.1 Å². The van der Waals surface area contributed by atoms with E-state index >= 15 is 0 Å². The average molecular weight is 365 g/mol. The summed E-state index contributed by atoms with van der Waals surface area (Å²) in [4.78, 5) is 25.5. The number of carbonyl (C=O) groups is 2. The molecule has 6 heteroatoms. The Balaban J connectivity index is 1.77. The van der Waals surface area contributed by atoms with E-state index in [1.165, 1.54) is 0 Å². The van der Waals surface area contributed by atoms with E-state index in [4.69, 9.17) is 4.74 Å². The number of ether oxygens (including phenoxy) is 1. The maximum Gasteiger partial charge on any atom is 0.325 e. The van der Waals surface area contributed by atoms with Crippen molar-refractivity contribution in [2.45, 2.75) is 31.6 Å². The third-order valence-electron chi connectivity index (χ3n) is 5.10. The number of fused-ring (bicyclic) bond motifs is 1. The zero-order chi connectivity index (χ0) is 18.8. The van der Waals surface area contributed by atoms with Gasteiger partial charge in [0.1, 0.15) is 12.2 Å². The molecule has 0 aliphatic carbocycles. The molecule has 2 aromatic carbocycles. The Bertz CT molecular complexity index is 812. The van der Waals surface area contributed by atoms with Crippen LogP contribution < -0.4 is 5.32 Å². The topological polar surface area (TPSA) is 61.9 Å². The lowest BCUT2D eigenvalue weighted by molar-refractivity contribution is -0.174. The van der Waals surface area contributed by atoms with Crippen molar-refractivity contribution in [2.75, 3.05) is 13.2 Å². The van der Waals surface area contributed by atoms with Gasteiger partial charge in [0.05, 0.1) is 12.6 Å². The monoisotopic (exact) mass is 365 g/mol. The van der Waals surface area contributed by atoms with E-state index in [0.29, 0.717) is 19.6 Å². The van der Waals surface area contributed by atoms with Crippen LogP contribution in [0.4, 0.5) is 0 Å². The highest BCUT2D eigenvalue weighted by Crippen LogP contribution is 2.39. The Labute approximate surface area is 158 Å². The number of hydrazine groups is 1. The van der Waals surface area contributed by atoms with Gasteiger partial charge in [0.15, 0.2) is 0 Å². The summed E-state index contributed by atoms with van der Waals surface area (Å²) in [6, 6.07) is 18.7. The molecule has 140 valence electrons. The van der Waals surface area contributed by atoms with Crippen LogP contribution in [0.2, 0.25) is 0 Å². The number of nitrogens with zero attached hydrogens (tertiary/aromatic N) is 2. The Morgan fingerprint density at radius 2 is 1.70 bits per heavy atom. The quantitative estimate of drug-likeness (QED) is 0.843. The van der Waals surface area contributed by atoms with Crippen LogP contribution in [0.25, 0.3) is 0 Å². The van der Waals surface area contributed by atoms with Gasteiger partial charge < -0.3 is 4.74 Å². The van der Waals surface area contributed by atoms with Gasteiger partial charge in [-0.2, -0.15) is 0 Å². The summed E-state index contributed by atoms with van der Waals surface area (Å²) < 4.78 is 5.36. The molecule has 2 aliphatic rings. The second kappa shape index (κ2) is 7.50. The first-order valence-corrected chi connectivity index (χ1v) is 9.32. The summed E-state index contributed by atoms with van der Waals surface area (Å²) >= 11 is 0. The Hall–Kier alpha value is -2.70. The van der Waals surface area contributed by atoms with Gasteiger partial charge in [-0.3, -0.25) is 19.9 Å². The number of nitrogens with one attached hydrogen (secondary N) is 1. The summed E-state index contributed by atoms with van der Waals surface area (Å²) in [6.07, 6.45) is 0.0414. The molecule has 0 spiro atoms. The normalized spacial score (nSPS) is 25.3. The number of esters is 1. The second-order valence-corrected chi connectivity index (χ2v) is 6.72. The number of carbonyl (C=O) groups excluding carboxylic acids is 2. The predicted octanol–water partition coefficient (Wildman–Crippen LogP) is 2.41. The Kier molecular flexibility index (Phi) is 4.92. The van der Waals surface area contributed by atoms with Gasteiger partial charge in [-0.25, -0.2) is 5.01 Å². The van der Waals surface area contributed by atoms with E-state index in [-0.39, 0.29) is 17.9 Å². The molecule has 0 radical (unpaired) electrons. The van der Waals surface area contributed by atoms with Gasteiger partial charge >= 0.3 is 5.97 Å². The second-order valence-electron chi connectivity index (χ2n) is 6.72. The number of rotatable bonds is 4. The van der Waals surface area contributed by atoms with Gasteiger partial charge in [0.25, 0.3) is 0 Å². The SMILES string of the molecule is CCOC(=O)C1NC(c2ccccc2)N2C(=O)CCN2C1c1ccccc1. The standard InChI is InChI=1S/C21H23N3O3/c1-2-27-21(26)18-19(15-9-5-3-6-10-15)23-14-13-17(25)24(23)20(22-18)16-11-7-4-8-12-16/h3-12,18-20,22H,2,13-14H2,1H3. The van der Waals surface area contributed by atoms with E-state index in [0.717, 1.165) is 11.1 Å². The Morgan fingerprint density at radius 1 is 1.07 bits per heavy atom. The van der Waals surface area contributed by atoms with Gasteiger partial charge in [-0.15, -0.1) is 0 Å². The van der Waals surface area contributed by atoms with Gasteiger partial charge in [-0.1, -0.05) is 60.7 Å². The highest BCUT2D eigenvalue weighted by molar-refractivity contribution is 5.81. The molecule has 2 fully saturated rings. The first kappa shape index (κ1) is 17.7. The van der Waals surface area contributed by atoms with Crippen molar-refractivity contribution in [3.8, 4) is 0 Å². The minimum absolute atomic E-state index is 0.0552. The van der Waals surface area contributed by atoms with Crippen molar-refractivity contribution in [3.05, 3.63) is 71.8 Å². The fourth-order valence-corrected chi connectivity index (χ4v) is 3.96. The molecule has 1 N–H and O–H groups in total. The van der Waals surface area contributed by atoms with Crippen molar-refractivity contribution in [1.29, 1.82) is 0 Å². The minimum Gasteiger partial charge on any atom is -0.465 e. The van der Waals surface area contributed by atoms with Crippen LogP contribution in [0.1, 0.15) is 36.7 Å². The molecule has 2 aliphatic heterocycles. The van der Waals surface area contributed by atoms with Crippen LogP contribution in [0.15, 0.2) is 60.7 Å². The lowest BCUT2D eigenvalue weighted by Crippen LogP contribution is -2.63. The van der Waals surface area contributed by atoms with Crippen LogP contribution in [0.3, 0.4) is 0 Å². The molecule has 3 atom stereocenters. The average Bonchev–Trinajstić information content (AvgIpc) is 3.10. The highest BCUT2D eigenvalue weighted by Gasteiger charge is 2.50.